The Hall–Kier alpha value is -0.320. The number of fused-ring (bicyclic) bond motifs is 5. The average molecular weight is 693 g/mol. The largest absolute Gasteiger partial charge is 0.379 e. The highest BCUT2D eigenvalue weighted by Crippen LogP contribution is 2.58. The van der Waals surface area contributed by atoms with Crippen LogP contribution in [0.5, 0.6) is 0 Å². The molecule has 284 valence electrons. The van der Waals surface area contributed by atoms with Gasteiger partial charge in [-0.2, -0.15) is 0 Å². The molecule has 0 aromatic carbocycles. The van der Waals surface area contributed by atoms with Crippen LogP contribution < -0.4 is 0 Å². The maximum Gasteiger partial charge on any atom is 0.104 e. The minimum absolute atomic E-state index is 0.401. The number of hydrogen-bond acceptors (Lipinski definition) is 8. The highest BCUT2D eigenvalue weighted by atomic mass is 16.6. The van der Waals surface area contributed by atoms with Gasteiger partial charge in [0.2, 0.25) is 0 Å². The molecule has 8 heteroatoms. The van der Waals surface area contributed by atoms with Crippen LogP contribution in [0.4, 0.5) is 0 Å². The summed E-state index contributed by atoms with van der Waals surface area (Å²) in [6, 6.07) is 0. The van der Waals surface area contributed by atoms with E-state index in [-0.39, 0.29) is 0 Å². The molecular weight excluding hydrogens is 620 g/mol. The third-order valence-electron chi connectivity index (χ3n) is 13.5. The van der Waals surface area contributed by atoms with Gasteiger partial charge in [-0.05, 0) is 138 Å². The van der Waals surface area contributed by atoms with Gasteiger partial charge in [-0.1, -0.05) is 20.3 Å². The molecule has 9 fully saturated rings. The van der Waals surface area contributed by atoms with Crippen LogP contribution in [-0.4, -0.2) is 103 Å². The first-order valence-electron chi connectivity index (χ1n) is 20.8. The molecule has 4 saturated heterocycles. The number of ether oxygens (including phenoxy) is 8. The first-order valence-corrected chi connectivity index (χ1v) is 20.8. The predicted molar refractivity (Wildman–Crippen MR) is 191 cm³/mol. The molecule has 8 nitrogen and oxygen atoms in total. The summed E-state index contributed by atoms with van der Waals surface area (Å²) in [5.74, 6) is 6.51. The molecule has 0 aromatic rings. The Morgan fingerprint density at radius 3 is 1.20 bits per heavy atom. The van der Waals surface area contributed by atoms with E-state index in [4.69, 9.17) is 37.9 Å². The van der Waals surface area contributed by atoms with Crippen LogP contribution in [-0.2, 0) is 37.9 Å². The molecule has 0 spiro atoms. The normalized spacial score (nSPS) is 40.9. The summed E-state index contributed by atoms with van der Waals surface area (Å²) >= 11 is 0. The van der Waals surface area contributed by atoms with Crippen molar-refractivity contribution >= 4 is 0 Å². The van der Waals surface area contributed by atoms with Crippen molar-refractivity contribution in [3.63, 3.8) is 0 Å². The fraction of sp³-hybridized carbons (Fsp3) is 1.00. The van der Waals surface area contributed by atoms with Gasteiger partial charge in [0.15, 0.2) is 0 Å². The van der Waals surface area contributed by atoms with E-state index in [0.29, 0.717) is 42.0 Å². The van der Waals surface area contributed by atoms with Crippen molar-refractivity contribution in [2.75, 3.05) is 66.1 Å². The van der Waals surface area contributed by atoms with Crippen LogP contribution >= 0.6 is 0 Å². The molecule has 0 aromatic heterocycles. The molecule has 2 bridgehead atoms. The van der Waals surface area contributed by atoms with Gasteiger partial charge in [0, 0.05) is 13.2 Å². The van der Waals surface area contributed by atoms with Crippen molar-refractivity contribution in [2.24, 2.45) is 40.9 Å². The molecule has 9 rings (SSSR count). The van der Waals surface area contributed by atoms with Gasteiger partial charge in [-0.15, -0.1) is 0 Å². The van der Waals surface area contributed by atoms with Crippen molar-refractivity contribution in [2.45, 2.75) is 154 Å². The Labute approximate surface area is 298 Å². The minimum Gasteiger partial charge on any atom is -0.379 e. The Bertz CT molecular complexity index is 844. The van der Waals surface area contributed by atoms with Crippen molar-refractivity contribution in [3.8, 4) is 0 Å². The number of epoxide rings is 4. The molecule has 4 heterocycles. The number of rotatable bonds is 14. The standard InChI is InChI=1S/C21H36O4.C10H16.2C5H10O2/c1-21(2,15-3-7-17(8-4-15)22-11-19-13-24-19)16-5-9-18(10-6-16)23-12-20-14-25-20;1-2-9-7-4-5-8(6-7)10(9)3-1;2*1-2-6-3-5-4-7-5/h15-20H,3-14H2,1-2H3;7-10H,1-6H2;2*5H,2-4H2,1H3. The highest BCUT2D eigenvalue weighted by molar-refractivity contribution is 4.99. The first-order chi connectivity index (χ1) is 23.9. The number of hydrogen-bond donors (Lipinski definition) is 0. The summed E-state index contributed by atoms with van der Waals surface area (Å²) in [5, 5.41) is 0. The van der Waals surface area contributed by atoms with Crippen molar-refractivity contribution in [3.05, 3.63) is 0 Å². The SMILES string of the molecule is C1CC2C3CCC(C3)C2C1.CC(C)(C1CCC(OCC2CO2)CC1)C1CCC(OCC2CO2)CC1.CCOCC1CO1.CCOCC1CO1. The van der Waals surface area contributed by atoms with Crippen LogP contribution in [0.3, 0.4) is 0 Å². The smallest absolute Gasteiger partial charge is 0.104 e. The molecule has 5 saturated carbocycles. The fourth-order valence-electron chi connectivity index (χ4n) is 9.94. The molecule has 0 radical (unpaired) electrons. The quantitative estimate of drug-likeness (QED) is 0.172. The lowest BCUT2D eigenvalue weighted by Crippen LogP contribution is -2.39. The van der Waals surface area contributed by atoms with E-state index >= 15 is 0 Å². The van der Waals surface area contributed by atoms with E-state index in [9.17, 15) is 0 Å². The zero-order valence-electron chi connectivity index (χ0n) is 31.7. The Morgan fingerprint density at radius 2 is 0.857 bits per heavy atom. The van der Waals surface area contributed by atoms with E-state index < -0.39 is 0 Å². The van der Waals surface area contributed by atoms with Crippen LogP contribution in [0.15, 0.2) is 0 Å². The van der Waals surface area contributed by atoms with Crippen LogP contribution in [0, 0.1) is 40.9 Å². The third kappa shape index (κ3) is 12.7. The maximum atomic E-state index is 6.03. The molecule has 5 aliphatic carbocycles. The van der Waals surface area contributed by atoms with Gasteiger partial charge in [-0.25, -0.2) is 0 Å². The van der Waals surface area contributed by atoms with Gasteiger partial charge in [0.05, 0.1) is 65.1 Å². The van der Waals surface area contributed by atoms with E-state index in [0.717, 1.165) is 77.9 Å². The van der Waals surface area contributed by atoms with Crippen molar-refractivity contribution in [1.82, 2.24) is 0 Å². The van der Waals surface area contributed by atoms with Gasteiger partial charge in [-0.3, -0.25) is 0 Å². The second kappa shape index (κ2) is 19.1. The zero-order chi connectivity index (χ0) is 34.1. The highest BCUT2D eigenvalue weighted by Gasteiger charge is 2.49. The van der Waals surface area contributed by atoms with E-state index in [1.807, 2.05) is 13.8 Å². The fourth-order valence-corrected chi connectivity index (χ4v) is 9.94. The van der Waals surface area contributed by atoms with E-state index in [2.05, 4.69) is 13.8 Å². The lowest BCUT2D eigenvalue weighted by Gasteiger charge is -2.46. The Balaban J connectivity index is 0.000000139. The summed E-state index contributed by atoms with van der Waals surface area (Å²) in [6.07, 6.45) is 22.4. The van der Waals surface area contributed by atoms with Gasteiger partial charge >= 0.3 is 0 Å². The van der Waals surface area contributed by atoms with E-state index in [1.54, 1.807) is 38.5 Å². The second-order valence-corrected chi connectivity index (χ2v) is 17.2. The molecule has 0 amide bonds. The molecular formula is C41H72O8. The maximum absolute atomic E-state index is 6.03. The minimum atomic E-state index is 0.401. The van der Waals surface area contributed by atoms with Gasteiger partial charge < -0.3 is 37.9 Å². The molecule has 0 N–H and O–H groups in total. The molecule has 8 unspecified atom stereocenters. The Morgan fingerprint density at radius 1 is 0.490 bits per heavy atom. The second-order valence-electron chi connectivity index (χ2n) is 17.2. The molecule has 4 aliphatic heterocycles. The average Bonchev–Trinajstić information content (AvgIpc) is 3.94. The molecule has 8 atom stereocenters. The molecule has 49 heavy (non-hydrogen) atoms. The lowest BCUT2D eigenvalue weighted by molar-refractivity contribution is -0.0387. The zero-order valence-corrected chi connectivity index (χ0v) is 31.7. The predicted octanol–water partition coefficient (Wildman–Crippen LogP) is 7.64. The van der Waals surface area contributed by atoms with Crippen LogP contribution in [0.25, 0.3) is 0 Å². The lowest BCUT2D eigenvalue weighted by atomic mass is 9.60. The van der Waals surface area contributed by atoms with Gasteiger partial charge in [0.25, 0.3) is 0 Å². The molecule has 9 aliphatic rings. The van der Waals surface area contributed by atoms with Crippen LogP contribution in [0.1, 0.15) is 118 Å². The monoisotopic (exact) mass is 693 g/mol. The summed E-state index contributed by atoms with van der Waals surface area (Å²) in [4.78, 5) is 0. The third-order valence-corrected chi connectivity index (χ3v) is 13.5. The van der Waals surface area contributed by atoms with Crippen LogP contribution in [0.2, 0.25) is 0 Å². The topological polar surface area (TPSA) is 87.0 Å². The van der Waals surface area contributed by atoms with Crippen molar-refractivity contribution < 1.29 is 37.9 Å². The van der Waals surface area contributed by atoms with Gasteiger partial charge in [0.1, 0.15) is 24.4 Å². The summed E-state index contributed by atoms with van der Waals surface area (Å²) in [5.41, 5.74) is 0.454. The Kier molecular flexibility index (Phi) is 15.0. The summed E-state index contributed by atoms with van der Waals surface area (Å²) < 4.78 is 42.4. The summed E-state index contributed by atoms with van der Waals surface area (Å²) in [6.45, 7) is 17.5. The van der Waals surface area contributed by atoms with E-state index in [1.165, 1.54) is 75.0 Å². The van der Waals surface area contributed by atoms with Crippen molar-refractivity contribution in [1.29, 1.82) is 0 Å². The summed E-state index contributed by atoms with van der Waals surface area (Å²) in [7, 11) is 0. The first kappa shape index (κ1) is 38.4.